The Morgan fingerprint density at radius 3 is 2.83 bits per heavy atom. The smallest absolute Gasteiger partial charge is 0.309 e. The van der Waals surface area contributed by atoms with Crippen molar-refractivity contribution >= 4 is 5.97 Å². The summed E-state index contributed by atoms with van der Waals surface area (Å²) in [6.07, 6.45) is 4.57. The average molecular weight is 247 g/mol. The minimum absolute atomic E-state index is 0.0271. The number of carbonyl (C=O) groups is 1. The molecule has 1 aromatic rings. The number of ether oxygens (including phenoxy) is 1. The number of pyridine rings is 1. The minimum Gasteiger partial charge on any atom is -0.469 e. The predicted molar refractivity (Wildman–Crippen MR) is 70.5 cm³/mol. The van der Waals surface area contributed by atoms with Crippen LogP contribution in [0.5, 0.6) is 0 Å². The van der Waals surface area contributed by atoms with Crippen molar-refractivity contribution < 1.29 is 9.53 Å². The summed E-state index contributed by atoms with van der Waals surface area (Å²) < 4.78 is 4.86. The van der Waals surface area contributed by atoms with Crippen molar-refractivity contribution in [3.8, 4) is 0 Å². The molecule has 0 aromatic carbocycles. The van der Waals surface area contributed by atoms with Crippen LogP contribution in [0.4, 0.5) is 0 Å². The van der Waals surface area contributed by atoms with Gasteiger partial charge in [0.15, 0.2) is 0 Å². The van der Waals surface area contributed by atoms with E-state index in [2.05, 4.69) is 19.9 Å². The molecule has 0 fully saturated rings. The normalized spacial score (nSPS) is 18.3. The number of methoxy groups -OCH3 is 1. The number of carbonyl (C=O) groups excluding carboxylic acids is 1. The Bertz CT molecular complexity index is 454. The van der Waals surface area contributed by atoms with Crippen molar-refractivity contribution in [2.75, 3.05) is 7.11 Å². The first kappa shape index (κ1) is 13.1. The molecule has 1 atom stereocenters. The lowest BCUT2D eigenvalue weighted by atomic mass is 9.82. The topological polar surface area (TPSA) is 39.2 Å². The molecule has 0 saturated carbocycles. The van der Waals surface area contributed by atoms with Crippen LogP contribution in [0.2, 0.25) is 0 Å². The molecule has 1 heterocycles. The van der Waals surface area contributed by atoms with Crippen LogP contribution in [0.1, 0.15) is 42.8 Å². The van der Waals surface area contributed by atoms with Crippen LogP contribution in [0.3, 0.4) is 0 Å². The van der Waals surface area contributed by atoms with Gasteiger partial charge in [-0.05, 0) is 49.3 Å². The first-order valence-corrected chi connectivity index (χ1v) is 6.77. The van der Waals surface area contributed by atoms with Crippen LogP contribution in [-0.2, 0) is 35.2 Å². The van der Waals surface area contributed by atoms with Gasteiger partial charge in [0.05, 0.1) is 13.0 Å². The Hall–Kier alpha value is -1.38. The predicted octanol–water partition coefficient (Wildman–Crippen LogP) is 2.48. The number of aromatic nitrogens is 1. The molecule has 1 aliphatic rings. The molecule has 18 heavy (non-hydrogen) atoms. The van der Waals surface area contributed by atoms with E-state index < -0.39 is 0 Å². The fraction of sp³-hybridized carbons (Fsp3) is 0.600. The molecular formula is C15H21NO2. The molecule has 1 aromatic heterocycles. The monoisotopic (exact) mass is 247 g/mol. The molecule has 3 nitrogen and oxygen atoms in total. The lowest BCUT2D eigenvalue weighted by Gasteiger charge is -2.25. The maximum absolute atomic E-state index is 11.6. The highest BCUT2D eigenvalue weighted by Crippen LogP contribution is 2.29. The average Bonchev–Trinajstić information content (AvgIpc) is 2.44. The van der Waals surface area contributed by atoms with E-state index in [1.807, 2.05) is 0 Å². The fourth-order valence-electron chi connectivity index (χ4n) is 2.76. The van der Waals surface area contributed by atoms with Crippen molar-refractivity contribution in [2.45, 2.75) is 46.0 Å². The molecule has 0 N–H and O–H groups in total. The number of hydrogen-bond donors (Lipinski definition) is 0. The molecular weight excluding hydrogens is 226 g/mol. The van der Waals surface area contributed by atoms with Gasteiger partial charge in [0.25, 0.3) is 0 Å². The van der Waals surface area contributed by atoms with Gasteiger partial charge in [-0.15, -0.1) is 0 Å². The van der Waals surface area contributed by atoms with Gasteiger partial charge in [0.2, 0.25) is 0 Å². The number of nitrogens with zero attached hydrogens (tertiary/aromatic N) is 1. The quantitative estimate of drug-likeness (QED) is 0.770. The van der Waals surface area contributed by atoms with E-state index >= 15 is 0 Å². The van der Waals surface area contributed by atoms with Gasteiger partial charge in [-0.1, -0.05) is 13.8 Å². The summed E-state index contributed by atoms with van der Waals surface area (Å²) in [6.45, 7) is 4.27. The largest absolute Gasteiger partial charge is 0.469 e. The zero-order valence-electron chi connectivity index (χ0n) is 11.5. The van der Waals surface area contributed by atoms with Crippen molar-refractivity contribution in [1.29, 1.82) is 0 Å². The number of aryl methyl sites for hydroxylation is 2. The molecule has 0 aliphatic heterocycles. The Kier molecular flexibility index (Phi) is 4.00. The molecule has 0 saturated heterocycles. The summed E-state index contributed by atoms with van der Waals surface area (Å²) in [5, 5.41) is 0. The van der Waals surface area contributed by atoms with Crippen LogP contribution in [0.15, 0.2) is 6.07 Å². The Labute approximate surface area is 109 Å². The van der Waals surface area contributed by atoms with Gasteiger partial charge in [0.1, 0.15) is 0 Å². The van der Waals surface area contributed by atoms with Crippen LogP contribution in [-0.4, -0.2) is 18.1 Å². The molecule has 1 aliphatic carbocycles. The fourth-order valence-corrected chi connectivity index (χ4v) is 2.76. The van der Waals surface area contributed by atoms with E-state index in [0.29, 0.717) is 0 Å². The van der Waals surface area contributed by atoms with E-state index in [-0.39, 0.29) is 11.9 Å². The third kappa shape index (κ3) is 2.40. The highest BCUT2D eigenvalue weighted by atomic mass is 16.5. The van der Waals surface area contributed by atoms with E-state index in [9.17, 15) is 4.79 Å². The molecule has 1 unspecified atom stereocenters. The van der Waals surface area contributed by atoms with Crippen LogP contribution in [0, 0.1) is 5.92 Å². The Balaban J connectivity index is 2.33. The molecule has 0 bridgehead atoms. The van der Waals surface area contributed by atoms with Crippen LogP contribution in [0.25, 0.3) is 0 Å². The van der Waals surface area contributed by atoms with Crippen LogP contribution < -0.4 is 0 Å². The lowest BCUT2D eigenvalue weighted by molar-refractivity contribution is -0.145. The van der Waals surface area contributed by atoms with Gasteiger partial charge >= 0.3 is 5.97 Å². The summed E-state index contributed by atoms with van der Waals surface area (Å²) in [6, 6.07) is 2.17. The SMILES string of the molecule is CCc1cc2c(c(CC)n1)CCC(C(=O)OC)C2. The zero-order valence-corrected chi connectivity index (χ0v) is 11.5. The first-order valence-electron chi connectivity index (χ1n) is 6.77. The Morgan fingerprint density at radius 1 is 1.44 bits per heavy atom. The van der Waals surface area contributed by atoms with Crippen molar-refractivity contribution in [3.05, 3.63) is 28.6 Å². The minimum atomic E-state index is -0.0754. The number of hydrogen-bond acceptors (Lipinski definition) is 3. The Morgan fingerprint density at radius 2 is 2.22 bits per heavy atom. The highest BCUT2D eigenvalue weighted by Gasteiger charge is 2.27. The number of rotatable bonds is 3. The third-order valence-electron chi connectivity index (χ3n) is 3.80. The molecule has 2 rings (SSSR count). The van der Waals surface area contributed by atoms with Crippen molar-refractivity contribution in [2.24, 2.45) is 5.92 Å². The summed E-state index contributed by atoms with van der Waals surface area (Å²) in [5.74, 6) is -0.0483. The maximum atomic E-state index is 11.6. The van der Waals surface area contributed by atoms with Crippen molar-refractivity contribution in [1.82, 2.24) is 4.98 Å². The lowest BCUT2D eigenvalue weighted by Crippen LogP contribution is -2.25. The van der Waals surface area contributed by atoms with E-state index in [1.54, 1.807) is 0 Å². The van der Waals surface area contributed by atoms with Crippen LogP contribution >= 0.6 is 0 Å². The zero-order chi connectivity index (χ0) is 13.1. The first-order chi connectivity index (χ1) is 8.69. The highest BCUT2D eigenvalue weighted by molar-refractivity contribution is 5.73. The summed E-state index contributed by atoms with van der Waals surface area (Å²) in [4.78, 5) is 16.3. The summed E-state index contributed by atoms with van der Waals surface area (Å²) in [5.41, 5.74) is 5.03. The van der Waals surface area contributed by atoms with Gasteiger partial charge < -0.3 is 4.74 Å². The molecule has 98 valence electrons. The van der Waals surface area contributed by atoms with E-state index in [1.165, 1.54) is 23.9 Å². The van der Waals surface area contributed by atoms with Crippen molar-refractivity contribution in [3.63, 3.8) is 0 Å². The van der Waals surface area contributed by atoms with Gasteiger partial charge in [0, 0.05) is 11.4 Å². The van der Waals surface area contributed by atoms with E-state index in [0.717, 1.165) is 37.8 Å². The summed E-state index contributed by atoms with van der Waals surface area (Å²) in [7, 11) is 1.47. The maximum Gasteiger partial charge on any atom is 0.309 e. The molecule has 0 radical (unpaired) electrons. The number of fused-ring (bicyclic) bond motifs is 1. The second kappa shape index (κ2) is 5.51. The second-order valence-electron chi connectivity index (χ2n) is 4.87. The third-order valence-corrected chi connectivity index (χ3v) is 3.80. The van der Waals surface area contributed by atoms with Gasteiger partial charge in [-0.2, -0.15) is 0 Å². The van der Waals surface area contributed by atoms with E-state index in [4.69, 9.17) is 9.72 Å². The molecule has 0 spiro atoms. The molecule has 0 amide bonds. The number of esters is 1. The second-order valence-corrected chi connectivity index (χ2v) is 4.87. The standard InChI is InChI=1S/C15H21NO2/c1-4-12-9-11-8-10(15(17)18-3)6-7-13(11)14(5-2)16-12/h9-10H,4-8H2,1-3H3. The van der Waals surface area contributed by atoms with Gasteiger partial charge in [-0.25, -0.2) is 0 Å². The molecule has 3 heteroatoms. The summed E-state index contributed by atoms with van der Waals surface area (Å²) >= 11 is 0. The van der Waals surface area contributed by atoms with Gasteiger partial charge in [-0.3, -0.25) is 9.78 Å².